The van der Waals surface area contributed by atoms with E-state index in [1.807, 2.05) is 0 Å². The van der Waals surface area contributed by atoms with E-state index in [4.69, 9.17) is 0 Å². The maximum absolute atomic E-state index is 12.2. The van der Waals surface area contributed by atoms with Crippen molar-refractivity contribution < 1.29 is 13.6 Å². The van der Waals surface area contributed by atoms with E-state index in [2.05, 4.69) is 0 Å². The number of allylic oxidation sites excluding steroid dienone is 1. The molecule has 1 heterocycles. The van der Waals surface area contributed by atoms with Crippen molar-refractivity contribution in [2.45, 2.75) is 5.92 Å². The summed E-state index contributed by atoms with van der Waals surface area (Å²) in [5.74, 6) is -2.51. The number of carbonyl (C=O) groups excluding carboxylic acids is 1. The van der Waals surface area contributed by atoms with Crippen molar-refractivity contribution in [2.24, 2.45) is 0 Å². The highest BCUT2D eigenvalue weighted by Crippen LogP contribution is 2.25. The standard InChI is InChI=1S/C7H8F2INO/c8-7(9)4-11(5-7)3-1-2-6(10)12/h1-2H,3-5H2/b2-1+. The Morgan fingerprint density at radius 2 is 2.17 bits per heavy atom. The third kappa shape index (κ3) is 3.14. The van der Waals surface area contributed by atoms with E-state index in [9.17, 15) is 13.6 Å². The average molecular weight is 287 g/mol. The van der Waals surface area contributed by atoms with Gasteiger partial charge in [-0.2, -0.15) is 0 Å². The second-order valence-corrected chi connectivity index (χ2v) is 3.80. The normalized spacial score (nSPS) is 22.6. The molecule has 1 rings (SSSR count). The zero-order chi connectivity index (χ0) is 9.19. The molecule has 0 aliphatic carbocycles. The van der Waals surface area contributed by atoms with Crippen LogP contribution in [0.25, 0.3) is 0 Å². The van der Waals surface area contributed by atoms with Gasteiger partial charge >= 0.3 is 0 Å². The van der Waals surface area contributed by atoms with E-state index < -0.39 is 5.92 Å². The van der Waals surface area contributed by atoms with Crippen LogP contribution in [0.4, 0.5) is 8.78 Å². The molecule has 0 N–H and O–H groups in total. The Balaban J connectivity index is 2.16. The maximum atomic E-state index is 12.2. The summed E-state index contributed by atoms with van der Waals surface area (Å²) in [5, 5.41) is 0. The molecule has 1 saturated heterocycles. The van der Waals surface area contributed by atoms with Crippen LogP contribution in [0.1, 0.15) is 0 Å². The van der Waals surface area contributed by atoms with Crippen LogP contribution in [0, 0.1) is 0 Å². The number of alkyl halides is 2. The minimum absolute atomic E-state index is 0.0834. The average Bonchev–Trinajstić information content (AvgIpc) is 1.82. The Morgan fingerprint density at radius 1 is 1.58 bits per heavy atom. The zero-order valence-corrected chi connectivity index (χ0v) is 8.42. The van der Waals surface area contributed by atoms with Gasteiger partial charge in [0.05, 0.1) is 13.1 Å². The second kappa shape index (κ2) is 3.78. The Bertz CT molecular complexity index is 209. The summed E-state index contributed by atoms with van der Waals surface area (Å²) >= 11 is 1.63. The lowest BCUT2D eigenvalue weighted by molar-refractivity contribution is -0.125. The van der Waals surface area contributed by atoms with Gasteiger partial charge in [0.1, 0.15) is 0 Å². The number of halogens is 3. The van der Waals surface area contributed by atoms with E-state index in [0.717, 1.165) is 0 Å². The summed E-state index contributed by atoms with van der Waals surface area (Å²) in [5.41, 5.74) is 0. The van der Waals surface area contributed by atoms with Crippen LogP contribution >= 0.6 is 22.6 Å². The number of hydrogen-bond donors (Lipinski definition) is 0. The summed E-state index contributed by atoms with van der Waals surface area (Å²) in [4.78, 5) is 12.0. The lowest BCUT2D eigenvalue weighted by Crippen LogP contribution is -2.55. The minimum atomic E-state index is -2.51. The van der Waals surface area contributed by atoms with Crippen LogP contribution in [0.5, 0.6) is 0 Å². The van der Waals surface area contributed by atoms with E-state index in [1.165, 1.54) is 6.08 Å². The van der Waals surface area contributed by atoms with Crippen molar-refractivity contribution in [1.29, 1.82) is 0 Å². The quantitative estimate of drug-likeness (QED) is 0.445. The predicted octanol–water partition coefficient (Wildman–Crippen LogP) is 1.46. The molecule has 0 unspecified atom stereocenters. The van der Waals surface area contributed by atoms with Gasteiger partial charge in [0.2, 0.25) is 3.79 Å². The van der Waals surface area contributed by atoms with Crippen LogP contribution in [-0.2, 0) is 4.79 Å². The Labute approximate surface area is 82.7 Å². The minimum Gasteiger partial charge on any atom is -0.288 e. The van der Waals surface area contributed by atoms with E-state index in [1.54, 1.807) is 33.6 Å². The lowest BCUT2D eigenvalue weighted by atomic mass is 10.1. The largest absolute Gasteiger partial charge is 0.288 e. The first-order valence-corrected chi connectivity index (χ1v) is 4.54. The first-order chi connectivity index (χ1) is 5.49. The fourth-order valence-electron chi connectivity index (χ4n) is 1.03. The molecule has 0 spiro atoms. The van der Waals surface area contributed by atoms with Gasteiger partial charge in [0.25, 0.3) is 5.92 Å². The number of rotatable bonds is 3. The number of hydrogen-bond acceptors (Lipinski definition) is 2. The van der Waals surface area contributed by atoms with Crippen molar-refractivity contribution in [3.63, 3.8) is 0 Å². The molecular weight excluding hydrogens is 279 g/mol. The number of likely N-dealkylation sites (tertiary alicyclic amines) is 1. The molecule has 5 heteroatoms. The molecule has 0 aromatic heterocycles. The molecule has 2 nitrogen and oxygen atoms in total. The summed E-state index contributed by atoms with van der Waals surface area (Å²) < 4.78 is 24.4. The molecule has 0 aromatic carbocycles. The van der Waals surface area contributed by atoms with Gasteiger partial charge in [0.15, 0.2) is 0 Å². The van der Waals surface area contributed by atoms with Crippen LogP contribution < -0.4 is 0 Å². The highest BCUT2D eigenvalue weighted by atomic mass is 127. The van der Waals surface area contributed by atoms with Crippen molar-refractivity contribution in [1.82, 2.24) is 4.90 Å². The maximum Gasteiger partial charge on any atom is 0.272 e. The molecule has 0 aromatic rings. The second-order valence-electron chi connectivity index (χ2n) is 2.73. The Kier molecular flexibility index (Phi) is 3.16. The lowest BCUT2D eigenvalue weighted by Gasteiger charge is -2.37. The van der Waals surface area contributed by atoms with Gasteiger partial charge in [0, 0.05) is 29.1 Å². The molecule has 0 bridgehead atoms. The van der Waals surface area contributed by atoms with Gasteiger partial charge in [-0.05, 0) is 6.08 Å². The fourth-order valence-corrected chi connectivity index (χ4v) is 1.29. The van der Waals surface area contributed by atoms with Crippen molar-refractivity contribution in [2.75, 3.05) is 19.6 Å². The van der Waals surface area contributed by atoms with Gasteiger partial charge in [-0.25, -0.2) is 8.78 Å². The monoisotopic (exact) mass is 287 g/mol. The van der Waals surface area contributed by atoms with Crippen molar-refractivity contribution >= 4 is 26.4 Å². The van der Waals surface area contributed by atoms with Crippen LogP contribution in [0.3, 0.4) is 0 Å². The van der Waals surface area contributed by atoms with E-state index in [0.29, 0.717) is 6.54 Å². The van der Waals surface area contributed by atoms with E-state index >= 15 is 0 Å². The molecular formula is C7H8F2INO. The van der Waals surface area contributed by atoms with Gasteiger partial charge < -0.3 is 0 Å². The molecule has 1 fully saturated rings. The smallest absolute Gasteiger partial charge is 0.272 e. The predicted molar refractivity (Wildman–Crippen MR) is 49.6 cm³/mol. The van der Waals surface area contributed by atoms with Crippen molar-refractivity contribution in [3.05, 3.63) is 12.2 Å². The topological polar surface area (TPSA) is 20.3 Å². The van der Waals surface area contributed by atoms with Crippen LogP contribution in [-0.4, -0.2) is 34.2 Å². The summed E-state index contributed by atoms with van der Waals surface area (Å²) in [6.45, 7) is 0.0594. The molecule has 1 aliphatic rings. The molecule has 0 atom stereocenters. The van der Waals surface area contributed by atoms with Crippen LogP contribution in [0.15, 0.2) is 12.2 Å². The Hall–Kier alpha value is -0.0400. The van der Waals surface area contributed by atoms with Crippen molar-refractivity contribution in [3.8, 4) is 0 Å². The molecule has 1 aliphatic heterocycles. The first-order valence-electron chi connectivity index (χ1n) is 3.46. The zero-order valence-electron chi connectivity index (χ0n) is 6.27. The van der Waals surface area contributed by atoms with Gasteiger partial charge in [-0.1, -0.05) is 6.08 Å². The summed E-state index contributed by atoms with van der Waals surface area (Å²) in [7, 11) is 0. The third-order valence-corrected chi connectivity index (χ3v) is 1.88. The molecule has 12 heavy (non-hydrogen) atoms. The highest BCUT2D eigenvalue weighted by molar-refractivity contribution is 14.1. The molecule has 0 saturated carbocycles. The first kappa shape index (κ1) is 10.0. The third-order valence-electron chi connectivity index (χ3n) is 1.52. The van der Waals surface area contributed by atoms with Gasteiger partial charge in [-0.3, -0.25) is 9.69 Å². The van der Waals surface area contributed by atoms with Gasteiger partial charge in [-0.15, -0.1) is 0 Å². The fraction of sp³-hybridized carbons (Fsp3) is 0.571. The van der Waals surface area contributed by atoms with E-state index in [-0.39, 0.29) is 16.9 Å². The van der Waals surface area contributed by atoms with Crippen LogP contribution in [0.2, 0.25) is 0 Å². The summed E-state index contributed by atoms with van der Waals surface area (Å²) in [6.07, 6.45) is 2.99. The Morgan fingerprint density at radius 3 is 2.58 bits per heavy atom. The molecule has 0 radical (unpaired) electrons. The summed E-state index contributed by atoms with van der Waals surface area (Å²) in [6, 6.07) is 0. The highest BCUT2D eigenvalue weighted by Gasteiger charge is 2.42. The molecule has 68 valence electrons. The molecule has 0 amide bonds. The number of nitrogens with zero attached hydrogens (tertiary/aromatic N) is 1. The number of carbonyl (C=O) groups is 1. The SMILES string of the molecule is O=C(I)/C=C/CN1CC(F)(F)C1.